The van der Waals surface area contributed by atoms with Crippen molar-refractivity contribution >= 4 is 29.2 Å². The zero-order valence-corrected chi connectivity index (χ0v) is 12.0. The van der Waals surface area contributed by atoms with Crippen LogP contribution < -0.4 is 5.73 Å². The molecule has 2 N–H and O–H groups in total. The number of nitrogen functional groups attached to an aromatic ring is 1. The van der Waals surface area contributed by atoms with Crippen molar-refractivity contribution in [3.8, 4) is 11.1 Å². The Kier molecular flexibility index (Phi) is 3.71. The topological polar surface area (TPSA) is 52.0 Å². The van der Waals surface area contributed by atoms with E-state index >= 15 is 0 Å². The fraction of sp³-hybridized carbons (Fsp3) is 0.357. The zero-order chi connectivity index (χ0) is 13.2. The van der Waals surface area contributed by atoms with Crippen LogP contribution in [0.2, 0.25) is 5.02 Å². The van der Waals surface area contributed by atoms with Crippen LogP contribution in [0.4, 0.5) is 5.88 Å². The van der Waals surface area contributed by atoms with Crippen molar-refractivity contribution in [1.29, 1.82) is 0 Å². The van der Waals surface area contributed by atoms with Crippen molar-refractivity contribution in [1.82, 2.24) is 5.16 Å². The Labute approximate surface area is 121 Å². The molecule has 0 amide bonds. The molecule has 0 spiro atoms. The van der Waals surface area contributed by atoms with Gasteiger partial charge in [-0.05, 0) is 47.5 Å². The van der Waals surface area contributed by atoms with Gasteiger partial charge in [-0.3, -0.25) is 0 Å². The summed E-state index contributed by atoms with van der Waals surface area (Å²) in [5.74, 6) is 3.36. The van der Waals surface area contributed by atoms with Gasteiger partial charge in [-0.25, -0.2) is 0 Å². The SMILES string of the molecule is Nc1oncc1-c1ccc(C2CCSCC2)c(Cl)c1. The van der Waals surface area contributed by atoms with Gasteiger partial charge in [-0.1, -0.05) is 28.9 Å². The summed E-state index contributed by atoms with van der Waals surface area (Å²) < 4.78 is 4.89. The van der Waals surface area contributed by atoms with Gasteiger partial charge < -0.3 is 10.3 Å². The Balaban J connectivity index is 1.91. The molecule has 1 fully saturated rings. The highest BCUT2D eigenvalue weighted by Gasteiger charge is 2.19. The zero-order valence-electron chi connectivity index (χ0n) is 10.4. The lowest BCUT2D eigenvalue weighted by molar-refractivity contribution is 0.436. The van der Waals surface area contributed by atoms with E-state index in [1.165, 1.54) is 29.9 Å². The Morgan fingerprint density at radius 2 is 2.11 bits per heavy atom. The predicted octanol–water partition coefficient (Wildman–Crippen LogP) is 4.19. The highest BCUT2D eigenvalue weighted by molar-refractivity contribution is 7.99. The quantitative estimate of drug-likeness (QED) is 0.902. The lowest BCUT2D eigenvalue weighted by Gasteiger charge is -2.22. The molecule has 0 atom stereocenters. The monoisotopic (exact) mass is 294 g/mol. The number of nitrogens with two attached hydrogens (primary N) is 1. The van der Waals surface area contributed by atoms with Crippen LogP contribution in [-0.4, -0.2) is 16.7 Å². The molecule has 3 rings (SSSR count). The summed E-state index contributed by atoms with van der Waals surface area (Å²) in [5.41, 5.74) is 8.73. The van der Waals surface area contributed by atoms with E-state index in [-0.39, 0.29) is 0 Å². The molecule has 2 aromatic rings. The molecule has 0 saturated carbocycles. The van der Waals surface area contributed by atoms with E-state index in [0.29, 0.717) is 11.8 Å². The second-order valence-electron chi connectivity index (χ2n) is 4.73. The summed E-state index contributed by atoms with van der Waals surface area (Å²) in [7, 11) is 0. The maximum absolute atomic E-state index is 6.43. The van der Waals surface area contributed by atoms with Crippen LogP contribution in [0.15, 0.2) is 28.9 Å². The molecule has 0 radical (unpaired) electrons. The minimum Gasteiger partial charge on any atom is -0.367 e. The Morgan fingerprint density at radius 1 is 1.32 bits per heavy atom. The van der Waals surface area contributed by atoms with E-state index in [9.17, 15) is 0 Å². The van der Waals surface area contributed by atoms with Gasteiger partial charge in [0.15, 0.2) is 0 Å². The molecule has 2 heterocycles. The van der Waals surface area contributed by atoms with Crippen LogP contribution in [0.5, 0.6) is 0 Å². The van der Waals surface area contributed by atoms with Gasteiger partial charge in [0.1, 0.15) is 0 Å². The molecule has 19 heavy (non-hydrogen) atoms. The molecule has 1 aliphatic heterocycles. The van der Waals surface area contributed by atoms with Gasteiger partial charge in [0.25, 0.3) is 0 Å². The predicted molar refractivity (Wildman–Crippen MR) is 80.7 cm³/mol. The van der Waals surface area contributed by atoms with Crippen LogP contribution >= 0.6 is 23.4 Å². The highest BCUT2D eigenvalue weighted by Crippen LogP contribution is 2.37. The van der Waals surface area contributed by atoms with Crippen molar-refractivity contribution in [3.05, 3.63) is 35.0 Å². The fourth-order valence-corrected chi connectivity index (χ4v) is 3.94. The van der Waals surface area contributed by atoms with Gasteiger partial charge in [0, 0.05) is 5.02 Å². The molecular formula is C14H15ClN2OS. The van der Waals surface area contributed by atoms with Crippen LogP contribution in [0.25, 0.3) is 11.1 Å². The third kappa shape index (κ3) is 2.60. The van der Waals surface area contributed by atoms with Gasteiger partial charge in [-0.15, -0.1) is 0 Å². The van der Waals surface area contributed by atoms with Crippen LogP contribution in [0.3, 0.4) is 0 Å². The first-order valence-corrected chi connectivity index (χ1v) is 7.86. The largest absolute Gasteiger partial charge is 0.367 e. The molecule has 1 aliphatic rings. The number of halogens is 1. The number of benzene rings is 1. The third-order valence-electron chi connectivity index (χ3n) is 3.57. The highest BCUT2D eigenvalue weighted by atomic mass is 35.5. The number of hydrogen-bond donors (Lipinski definition) is 1. The Bertz CT molecular complexity index is 579. The lowest BCUT2D eigenvalue weighted by Crippen LogP contribution is -2.08. The van der Waals surface area contributed by atoms with Crippen LogP contribution in [-0.2, 0) is 0 Å². The Morgan fingerprint density at radius 3 is 2.74 bits per heavy atom. The summed E-state index contributed by atoms with van der Waals surface area (Å²) in [4.78, 5) is 0. The molecule has 0 bridgehead atoms. The Hall–Kier alpha value is -1.13. The molecule has 1 aromatic carbocycles. The molecule has 0 aliphatic carbocycles. The van der Waals surface area contributed by atoms with E-state index in [2.05, 4.69) is 11.2 Å². The standard InChI is InChI=1S/C14H15ClN2OS/c15-13-7-10(12-8-17-18-14(12)16)1-2-11(13)9-3-5-19-6-4-9/h1-2,7-9H,3-6,16H2. The average molecular weight is 295 g/mol. The number of anilines is 1. The average Bonchev–Trinajstić information content (AvgIpc) is 2.86. The van der Waals surface area contributed by atoms with Gasteiger partial charge >= 0.3 is 0 Å². The first-order valence-electron chi connectivity index (χ1n) is 6.33. The minimum absolute atomic E-state index is 0.331. The fourth-order valence-electron chi connectivity index (χ4n) is 2.50. The molecule has 5 heteroatoms. The summed E-state index contributed by atoms with van der Waals surface area (Å²) in [6.07, 6.45) is 4.04. The first-order chi connectivity index (χ1) is 9.25. The molecule has 0 unspecified atom stereocenters. The van der Waals surface area contributed by atoms with Crippen molar-refractivity contribution in [2.24, 2.45) is 0 Å². The smallest absolute Gasteiger partial charge is 0.229 e. The normalized spacial score (nSPS) is 16.7. The molecule has 3 nitrogen and oxygen atoms in total. The van der Waals surface area contributed by atoms with E-state index in [1.54, 1.807) is 6.20 Å². The number of rotatable bonds is 2. The summed E-state index contributed by atoms with van der Waals surface area (Å²) in [6.45, 7) is 0. The molecule has 100 valence electrons. The van der Waals surface area contributed by atoms with Crippen molar-refractivity contribution in [2.75, 3.05) is 17.2 Å². The van der Waals surface area contributed by atoms with E-state index in [4.69, 9.17) is 21.9 Å². The van der Waals surface area contributed by atoms with Gasteiger partial charge in [0.05, 0.1) is 11.8 Å². The maximum atomic E-state index is 6.43. The second-order valence-corrected chi connectivity index (χ2v) is 6.36. The number of aromatic nitrogens is 1. The first kappa shape index (κ1) is 12.9. The lowest BCUT2D eigenvalue weighted by atomic mass is 9.92. The van der Waals surface area contributed by atoms with Crippen molar-refractivity contribution < 1.29 is 4.52 Å². The maximum Gasteiger partial charge on any atom is 0.229 e. The number of hydrogen-bond acceptors (Lipinski definition) is 4. The second kappa shape index (κ2) is 5.47. The van der Waals surface area contributed by atoms with Crippen molar-refractivity contribution in [3.63, 3.8) is 0 Å². The summed E-state index contributed by atoms with van der Waals surface area (Å²) in [5, 5.41) is 4.51. The molecular weight excluding hydrogens is 280 g/mol. The van der Waals surface area contributed by atoms with Crippen LogP contribution in [0.1, 0.15) is 24.3 Å². The summed E-state index contributed by atoms with van der Waals surface area (Å²) in [6, 6.07) is 6.12. The number of thioether (sulfide) groups is 1. The van der Waals surface area contributed by atoms with Gasteiger partial charge in [0.2, 0.25) is 5.88 Å². The molecule has 1 aromatic heterocycles. The third-order valence-corrected chi connectivity index (χ3v) is 4.95. The number of nitrogens with zero attached hydrogens (tertiary/aromatic N) is 1. The van der Waals surface area contributed by atoms with E-state index in [0.717, 1.165) is 16.1 Å². The van der Waals surface area contributed by atoms with Gasteiger partial charge in [-0.2, -0.15) is 11.8 Å². The van der Waals surface area contributed by atoms with E-state index < -0.39 is 0 Å². The van der Waals surface area contributed by atoms with Crippen LogP contribution in [0, 0.1) is 0 Å². The molecule has 1 saturated heterocycles. The summed E-state index contributed by atoms with van der Waals surface area (Å²) >= 11 is 8.46. The van der Waals surface area contributed by atoms with E-state index in [1.807, 2.05) is 23.9 Å². The minimum atomic E-state index is 0.331. The van der Waals surface area contributed by atoms with Crippen molar-refractivity contribution in [2.45, 2.75) is 18.8 Å².